The number of hydrogen-bond donors (Lipinski definition) is 0. The van der Waals surface area contributed by atoms with Gasteiger partial charge in [-0.05, 0) is 42.3 Å². The zero-order valence-electron chi connectivity index (χ0n) is 11.7. The van der Waals surface area contributed by atoms with E-state index in [4.69, 9.17) is 5.26 Å². The lowest BCUT2D eigenvalue weighted by Gasteiger charge is -2.20. The molecule has 2 aromatic rings. The summed E-state index contributed by atoms with van der Waals surface area (Å²) in [6.45, 7) is 2.55. The van der Waals surface area contributed by atoms with Gasteiger partial charge >= 0.3 is 0 Å². The van der Waals surface area contributed by atoms with E-state index in [9.17, 15) is 4.39 Å². The maximum atomic E-state index is 13.8. The Hall–Kier alpha value is -2.34. The SMILES string of the molecule is CCc1ccc(N(C)Cc2cc(C#N)ccc2F)cc1. The zero-order chi connectivity index (χ0) is 14.5. The first-order chi connectivity index (χ1) is 9.63. The fraction of sp³-hybridized carbons (Fsp3) is 0.235. The summed E-state index contributed by atoms with van der Waals surface area (Å²) in [6.07, 6.45) is 1.00. The predicted octanol–water partition coefficient (Wildman–Crippen LogP) is 3.90. The topological polar surface area (TPSA) is 27.0 Å². The Morgan fingerprint density at radius 3 is 2.45 bits per heavy atom. The van der Waals surface area contributed by atoms with Gasteiger partial charge in [-0.25, -0.2) is 4.39 Å². The molecule has 0 amide bonds. The smallest absolute Gasteiger partial charge is 0.128 e. The summed E-state index contributed by atoms with van der Waals surface area (Å²) in [7, 11) is 1.92. The molecule has 0 N–H and O–H groups in total. The van der Waals surface area contributed by atoms with Crippen molar-refractivity contribution in [2.24, 2.45) is 0 Å². The molecule has 0 aliphatic rings. The molecule has 0 atom stereocenters. The van der Waals surface area contributed by atoms with Crippen LogP contribution >= 0.6 is 0 Å². The molecule has 20 heavy (non-hydrogen) atoms. The van der Waals surface area contributed by atoms with Crippen LogP contribution in [0.15, 0.2) is 42.5 Å². The van der Waals surface area contributed by atoms with Crippen LogP contribution in [0.2, 0.25) is 0 Å². The second-order valence-corrected chi connectivity index (χ2v) is 4.79. The number of nitrogens with zero attached hydrogens (tertiary/aromatic N) is 2. The number of nitriles is 1. The molecule has 0 spiro atoms. The van der Waals surface area contributed by atoms with Crippen LogP contribution < -0.4 is 4.90 Å². The zero-order valence-corrected chi connectivity index (χ0v) is 11.7. The van der Waals surface area contributed by atoms with E-state index >= 15 is 0 Å². The first-order valence-electron chi connectivity index (χ1n) is 6.62. The van der Waals surface area contributed by atoms with Gasteiger partial charge in [-0.1, -0.05) is 19.1 Å². The van der Waals surface area contributed by atoms with Crippen LogP contribution in [-0.2, 0) is 13.0 Å². The molecule has 102 valence electrons. The van der Waals surface area contributed by atoms with E-state index in [0.717, 1.165) is 12.1 Å². The number of benzene rings is 2. The normalized spacial score (nSPS) is 10.1. The average Bonchev–Trinajstić information content (AvgIpc) is 2.49. The summed E-state index contributed by atoms with van der Waals surface area (Å²) < 4.78 is 13.8. The average molecular weight is 268 g/mol. The van der Waals surface area contributed by atoms with E-state index in [0.29, 0.717) is 17.7 Å². The third-order valence-corrected chi connectivity index (χ3v) is 3.37. The van der Waals surface area contributed by atoms with Crippen LogP contribution in [0.25, 0.3) is 0 Å². The molecule has 0 aliphatic heterocycles. The first-order valence-corrected chi connectivity index (χ1v) is 6.62. The number of aryl methyl sites for hydroxylation is 1. The van der Waals surface area contributed by atoms with Gasteiger partial charge in [-0.3, -0.25) is 0 Å². The number of rotatable bonds is 4. The van der Waals surface area contributed by atoms with E-state index in [1.54, 1.807) is 6.07 Å². The van der Waals surface area contributed by atoms with Crippen molar-refractivity contribution >= 4 is 5.69 Å². The quantitative estimate of drug-likeness (QED) is 0.841. The highest BCUT2D eigenvalue weighted by Crippen LogP contribution is 2.19. The van der Waals surface area contributed by atoms with Gasteiger partial charge < -0.3 is 4.90 Å². The lowest BCUT2D eigenvalue weighted by Crippen LogP contribution is -2.17. The van der Waals surface area contributed by atoms with E-state index in [1.165, 1.54) is 17.7 Å². The van der Waals surface area contributed by atoms with Gasteiger partial charge in [0.2, 0.25) is 0 Å². The number of anilines is 1. The van der Waals surface area contributed by atoms with Gasteiger partial charge in [0, 0.05) is 24.8 Å². The first kappa shape index (κ1) is 14.1. The summed E-state index contributed by atoms with van der Waals surface area (Å²) in [5.41, 5.74) is 3.33. The van der Waals surface area contributed by atoms with Crippen LogP contribution in [0.4, 0.5) is 10.1 Å². The van der Waals surface area contributed by atoms with Crippen molar-refractivity contribution in [3.8, 4) is 6.07 Å². The Labute approximate surface area is 119 Å². The van der Waals surface area contributed by atoms with Crippen molar-refractivity contribution in [2.75, 3.05) is 11.9 Å². The number of halogens is 1. The van der Waals surface area contributed by atoms with Gasteiger partial charge in [0.25, 0.3) is 0 Å². The van der Waals surface area contributed by atoms with Crippen LogP contribution in [0.5, 0.6) is 0 Å². The lowest BCUT2D eigenvalue weighted by atomic mass is 10.1. The summed E-state index contributed by atoms with van der Waals surface area (Å²) in [6, 6.07) is 14.7. The van der Waals surface area contributed by atoms with E-state index in [-0.39, 0.29) is 5.82 Å². The van der Waals surface area contributed by atoms with Gasteiger partial charge in [-0.15, -0.1) is 0 Å². The molecule has 0 saturated heterocycles. The van der Waals surface area contributed by atoms with Crippen LogP contribution in [0, 0.1) is 17.1 Å². The third kappa shape index (κ3) is 3.16. The van der Waals surface area contributed by atoms with Crippen molar-refractivity contribution in [2.45, 2.75) is 19.9 Å². The van der Waals surface area contributed by atoms with Crippen molar-refractivity contribution in [1.82, 2.24) is 0 Å². The molecule has 0 bridgehead atoms. The van der Waals surface area contributed by atoms with Crippen molar-refractivity contribution in [1.29, 1.82) is 5.26 Å². The molecule has 2 aromatic carbocycles. The van der Waals surface area contributed by atoms with Gasteiger partial charge in [-0.2, -0.15) is 5.26 Å². The largest absolute Gasteiger partial charge is 0.370 e. The highest BCUT2D eigenvalue weighted by Gasteiger charge is 2.08. The standard InChI is InChI=1S/C17H17FN2/c1-3-13-4-7-16(8-5-13)20(2)12-15-10-14(11-19)6-9-17(15)18/h4-10H,3,12H2,1-2H3. The summed E-state index contributed by atoms with van der Waals surface area (Å²) in [5.74, 6) is -0.277. The van der Waals surface area contributed by atoms with Crippen LogP contribution in [-0.4, -0.2) is 7.05 Å². The minimum absolute atomic E-state index is 0.277. The van der Waals surface area contributed by atoms with Gasteiger partial charge in [0.15, 0.2) is 0 Å². The fourth-order valence-corrected chi connectivity index (χ4v) is 2.10. The lowest BCUT2D eigenvalue weighted by molar-refractivity contribution is 0.607. The second kappa shape index (κ2) is 6.21. The second-order valence-electron chi connectivity index (χ2n) is 4.79. The molecule has 0 radical (unpaired) electrons. The minimum atomic E-state index is -0.277. The van der Waals surface area contributed by atoms with Crippen molar-refractivity contribution < 1.29 is 4.39 Å². The Bertz CT molecular complexity index is 626. The molecule has 0 fully saturated rings. The Morgan fingerprint density at radius 1 is 1.15 bits per heavy atom. The predicted molar refractivity (Wildman–Crippen MR) is 79.0 cm³/mol. The molecular weight excluding hydrogens is 251 g/mol. The Balaban J connectivity index is 2.18. The molecule has 0 aliphatic carbocycles. The minimum Gasteiger partial charge on any atom is -0.370 e. The van der Waals surface area contributed by atoms with E-state index in [2.05, 4.69) is 19.1 Å². The maximum absolute atomic E-state index is 13.8. The molecule has 3 heteroatoms. The van der Waals surface area contributed by atoms with Gasteiger partial charge in [0.1, 0.15) is 5.82 Å². The van der Waals surface area contributed by atoms with Crippen molar-refractivity contribution in [3.05, 3.63) is 65.0 Å². The molecule has 0 heterocycles. The molecule has 2 rings (SSSR count). The Morgan fingerprint density at radius 2 is 1.85 bits per heavy atom. The van der Waals surface area contributed by atoms with Gasteiger partial charge in [0.05, 0.1) is 11.6 Å². The molecular formula is C17H17FN2. The van der Waals surface area contributed by atoms with Crippen LogP contribution in [0.3, 0.4) is 0 Å². The van der Waals surface area contributed by atoms with E-state index in [1.807, 2.05) is 30.1 Å². The molecule has 0 saturated carbocycles. The van der Waals surface area contributed by atoms with E-state index < -0.39 is 0 Å². The highest BCUT2D eigenvalue weighted by molar-refractivity contribution is 5.48. The molecule has 0 unspecified atom stereocenters. The summed E-state index contributed by atoms with van der Waals surface area (Å²) in [4.78, 5) is 1.97. The maximum Gasteiger partial charge on any atom is 0.128 e. The fourth-order valence-electron chi connectivity index (χ4n) is 2.10. The third-order valence-electron chi connectivity index (χ3n) is 3.37. The van der Waals surface area contributed by atoms with Crippen molar-refractivity contribution in [3.63, 3.8) is 0 Å². The molecule has 0 aromatic heterocycles. The summed E-state index contributed by atoms with van der Waals surface area (Å²) >= 11 is 0. The highest BCUT2D eigenvalue weighted by atomic mass is 19.1. The Kier molecular flexibility index (Phi) is 4.37. The summed E-state index contributed by atoms with van der Waals surface area (Å²) in [5, 5.41) is 8.88. The number of hydrogen-bond acceptors (Lipinski definition) is 2. The molecule has 2 nitrogen and oxygen atoms in total. The monoisotopic (exact) mass is 268 g/mol. The van der Waals surface area contributed by atoms with Crippen LogP contribution in [0.1, 0.15) is 23.6 Å².